The monoisotopic (exact) mass is 262 g/mol. The zero-order valence-corrected chi connectivity index (χ0v) is 9.99. The van der Waals surface area contributed by atoms with E-state index >= 15 is 0 Å². The SMILES string of the molecule is CC(C)=CCn1ccn(CC(F)(F)F)c(=O)c1=O. The summed E-state index contributed by atoms with van der Waals surface area (Å²) < 4.78 is 37.8. The largest absolute Gasteiger partial charge is 0.406 e. The van der Waals surface area contributed by atoms with E-state index in [2.05, 4.69) is 0 Å². The first-order valence-electron chi connectivity index (χ1n) is 5.21. The molecular weight excluding hydrogens is 249 g/mol. The molecule has 0 aliphatic heterocycles. The highest BCUT2D eigenvalue weighted by Crippen LogP contribution is 2.15. The van der Waals surface area contributed by atoms with E-state index in [-0.39, 0.29) is 6.54 Å². The molecule has 1 heterocycles. The van der Waals surface area contributed by atoms with Crippen molar-refractivity contribution >= 4 is 0 Å². The van der Waals surface area contributed by atoms with E-state index in [0.29, 0.717) is 4.57 Å². The number of halogens is 3. The fraction of sp³-hybridized carbons (Fsp3) is 0.455. The lowest BCUT2D eigenvalue weighted by Crippen LogP contribution is -2.42. The molecule has 1 rings (SSSR count). The molecule has 0 amide bonds. The third-order valence-electron chi connectivity index (χ3n) is 2.18. The van der Waals surface area contributed by atoms with E-state index < -0.39 is 23.8 Å². The highest BCUT2D eigenvalue weighted by Gasteiger charge is 2.28. The van der Waals surface area contributed by atoms with Gasteiger partial charge in [-0.05, 0) is 13.8 Å². The van der Waals surface area contributed by atoms with Gasteiger partial charge in [0.15, 0.2) is 0 Å². The number of rotatable bonds is 3. The van der Waals surface area contributed by atoms with Crippen molar-refractivity contribution in [3.63, 3.8) is 0 Å². The van der Waals surface area contributed by atoms with Crippen molar-refractivity contribution in [1.82, 2.24) is 9.13 Å². The summed E-state index contributed by atoms with van der Waals surface area (Å²) in [5.41, 5.74) is -1.18. The molecule has 1 aromatic heterocycles. The Labute approximate surface area is 101 Å². The number of alkyl halides is 3. The van der Waals surface area contributed by atoms with Crippen LogP contribution in [0.3, 0.4) is 0 Å². The fourth-order valence-corrected chi connectivity index (χ4v) is 1.28. The molecule has 0 atom stereocenters. The molecule has 0 saturated carbocycles. The average Bonchev–Trinajstić information content (AvgIpc) is 2.22. The lowest BCUT2D eigenvalue weighted by Gasteiger charge is -2.10. The molecule has 0 N–H and O–H groups in total. The van der Waals surface area contributed by atoms with Gasteiger partial charge in [0.25, 0.3) is 0 Å². The van der Waals surface area contributed by atoms with Gasteiger partial charge in [-0.3, -0.25) is 9.59 Å². The van der Waals surface area contributed by atoms with Gasteiger partial charge in [0, 0.05) is 18.9 Å². The van der Waals surface area contributed by atoms with Crippen molar-refractivity contribution in [2.45, 2.75) is 33.1 Å². The van der Waals surface area contributed by atoms with Crippen LogP contribution in [0, 0.1) is 0 Å². The van der Waals surface area contributed by atoms with E-state index in [0.717, 1.165) is 16.3 Å². The standard InChI is InChI=1S/C11H13F3N2O2/c1-8(2)3-4-15-5-6-16(7-11(12,13)14)10(18)9(15)17/h3,5-6H,4,7H2,1-2H3. The van der Waals surface area contributed by atoms with Gasteiger partial charge >= 0.3 is 17.3 Å². The molecule has 0 unspecified atom stereocenters. The van der Waals surface area contributed by atoms with Crippen LogP contribution in [-0.2, 0) is 13.1 Å². The molecule has 0 fully saturated rings. The molecule has 0 radical (unpaired) electrons. The van der Waals surface area contributed by atoms with Crippen LogP contribution >= 0.6 is 0 Å². The second-order valence-corrected chi connectivity index (χ2v) is 4.09. The molecule has 0 bridgehead atoms. The first-order valence-corrected chi connectivity index (χ1v) is 5.21. The van der Waals surface area contributed by atoms with Crippen LogP contribution in [-0.4, -0.2) is 15.3 Å². The molecule has 18 heavy (non-hydrogen) atoms. The van der Waals surface area contributed by atoms with Gasteiger partial charge in [-0.25, -0.2) is 0 Å². The van der Waals surface area contributed by atoms with E-state index in [4.69, 9.17) is 0 Å². The van der Waals surface area contributed by atoms with Crippen molar-refractivity contribution in [3.8, 4) is 0 Å². The van der Waals surface area contributed by atoms with Crippen molar-refractivity contribution in [2.24, 2.45) is 0 Å². The van der Waals surface area contributed by atoms with Crippen LogP contribution in [0.25, 0.3) is 0 Å². The Balaban J connectivity index is 3.10. The number of allylic oxidation sites excluding steroid dienone is 2. The summed E-state index contributed by atoms with van der Waals surface area (Å²) in [4.78, 5) is 22.9. The predicted octanol–water partition coefficient (Wildman–Crippen LogP) is 1.54. The van der Waals surface area contributed by atoms with Gasteiger partial charge in [0.2, 0.25) is 0 Å². The minimum atomic E-state index is -4.53. The molecule has 1 aromatic rings. The maximum absolute atomic E-state index is 12.1. The van der Waals surface area contributed by atoms with Gasteiger partial charge in [-0.15, -0.1) is 0 Å². The third-order valence-corrected chi connectivity index (χ3v) is 2.18. The van der Waals surface area contributed by atoms with Crippen LogP contribution < -0.4 is 11.1 Å². The summed E-state index contributed by atoms with van der Waals surface area (Å²) in [6.45, 7) is 2.35. The van der Waals surface area contributed by atoms with Crippen LogP contribution in [0.1, 0.15) is 13.8 Å². The normalized spacial score (nSPS) is 11.4. The number of nitrogens with zero attached hydrogens (tertiary/aromatic N) is 2. The Morgan fingerprint density at radius 3 is 2.17 bits per heavy atom. The van der Waals surface area contributed by atoms with Crippen LogP contribution in [0.5, 0.6) is 0 Å². The molecule has 0 aromatic carbocycles. The molecule has 0 spiro atoms. The van der Waals surface area contributed by atoms with E-state index in [1.807, 2.05) is 13.8 Å². The zero-order valence-electron chi connectivity index (χ0n) is 9.99. The predicted molar refractivity (Wildman–Crippen MR) is 60.4 cm³/mol. The Morgan fingerprint density at radius 1 is 1.17 bits per heavy atom. The van der Waals surface area contributed by atoms with Gasteiger partial charge in [-0.1, -0.05) is 11.6 Å². The van der Waals surface area contributed by atoms with Gasteiger partial charge < -0.3 is 9.13 Å². The van der Waals surface area contributed by atoms with E-state index in [9.17, 15) is 22.8 Å². The topological polar surface area (TPSA) is 44.0 Å². The maximum Gasteiger partial charge on any atom is 0.406 e. The molecule has 4 nitrogen and oxygen atoms in total. The number of aromatic nitrogens is 2. The van der Waals surface area contributed by atoms with Crippen LogP contribution in [0.4, 0.5) is 13.2 Å². The summed E-state index contributed by atoms with van der Waals surface area (Å²) in [5, 5.41) is 0. The molecule has 0 saturated heterocycles. The number of hydrogen-bond acceptors (Lipinski definition) is 2. The Kier molecular flexibility index (Phi) is 4.15. The minimum Gasteiger partial charge on any atom is -0.306 e. The molecular formula is C11H13F3N2O2. The Bertz CT molecular complexity index is 563. The highest BCUT2D eigenvalue weighted by atomic mass is 19.4. The first kappa shape index (κ1) is 14.3. The van der Waals surface area contributed by atoms with Crippen LogP contribution in [0.2, 0.25) is 0 Å². The minimum absolute atomic E-state index is 0.170. The smallest absolute Gasteiger partial charge is 0.306 e. The third kappa shape index (κ3) is 3.90. The average molecular weight is 262 g/mol. The summed E-state index contributed by atoms with van der Waals surface area (Å²) in [6, 6.07) is 0. The summed E-state index contributed by atoms with van der Waals surface area (Å²) in [6.07, 6.45) is -0.678. The second-order valence-electron chi connectivity index (χ2n) is 4.09. The summed E-state index contributed by atoms with van der Waals surface area (Å²) in [7, 11) is 0. The summed E-state index contributed by atoms with van der Waals surface area (Å²) in [5.74, 6) is 0. The zero-order chi connectivity index (χ0) is 13.9. The lowest BCUT2D eigenvalue weighted by atomic mass is 10.3. The van der Waals surface area contributed by atoms with Crippen LogP contribution in [0.15, 0.2) is 33.6 Å². The molecule has 0 aliphatic carbocycles. The van der Waals surface area contributed by atoms with Gasteiger partial charge in [-0.2, -0.15) is 13.2 Å². The number of hydrogen-bond donors (Lipinski definition) is 0. The molecule has 0 aliphatic rings. The van der Waals surface area contributed by atoms with Crippen molar-refractivity contribution < 1.29 is 13.2 Å². The van der Waals surface area contributed by atoms with Crippen molar-refractivity contribution in [2.75, 3.05) is 0 Å². The summed E-state index contributed by atoms with van der Waals surface area (Å²) >= 11 is 0. The van der Waals surface area contributed by atoms with Crippen molar-refractivity contribution in [3.05, 3.63) is 44.8 Å². The van der Waals surface area contributed by atoms with Crippen molar-refractivity contribution in [1.29, 1.82) is 0 Å². The second kappa shape index (κ2) is 5.24. The quantitative estimate of drug-likeness (QED) is 0.612. The molecule has 7 heteroatoms. The van der Waals surface area contributed by atoms with Gasteiger partial charge in [0.05, 0.1) is 0 Å². The highest BCUT2D eigenvalue weighted by molar-refractivity contribution is 4.95. The fourth-order valence-electron chi connectivity index (χ4n) is 1.28. The van der Waals surface area contributed by atoms with E-state index in [1.54, 1.807) is 6.08 Å². The molecule has 100 valence electrons. The maximum atomic E-state index is 12.1. The first-order chi connectivity index (χ1) is 8.20. The Morgan fingerprint density at radius 2 is 1.67 bits per heavy atom. The van der Waals surface area contributed by atoms with Gasteiger partial charge in [0.1, 0.15) is 6.54 Å². The Hall–Kier alpha value is -1.79. The lowest BCUT2D eigenvalue weighted by molar-refractivity contribution is -0.141. The van der Waals surface area contributed by atoms with E-state index in [1.165, 1.54) is 6.20 Å².